The summed E-state index contributed by atoms with van der Waals surface area (Å²) in [5.74, 6) is 0.641. The number of H-pyrrole nitrogens is 1. The molecule has 6 N–H and O–H groups in total. The number of aromatic nitrogens is 2. The highest BCUT2D eigenvalue weighted by molar-refractivity contribution is 7.71. The lowest BCUT2D eigenvalue weighted by Crippen LogP contribution is -2.36. The number of nitrogens with zero attached hydrogens (tertiary/aromatic N) is 1. The molecule has 17 nitrogen and oxygen atoms in total. The minimum Gasteiger partial charge on any atom is -0.489 e. The molecular weight excluding hydrogens is 681 g/mol. The Balaban J connectivity index is 1.43. The molecule has 21 heteroatoms. The Morgan fingerprint density at radius 2 is 1.62 bits per heavy atom. The van der Waals surface area contributed by atoms with Crippen LogP contribution in [-0.4, -0.2) is 66.5 Å². The zero-order valence-corrected chi connectivity index (χ0v) is 26.7. The predicted molar refractivity (Wildman–Crippen MR) is 156 cm³/mol. The second kappa shape index (κ2) is 14.6. The summed E-state index contributed by atoms with van der Waals surface area (Å²) in [5, 5.41) is 21.2. The number of hydrogen-bond donors (Lipinski definition) is 6. The SMILES string of the molecule is COP(=O)(OC[C@H]1O[C@@H](n2cc(Cc3ccc(OCc4ccccc4)cc3)c(=S)[nH]c2=O)[C@H](O)[C@@H]1O)OP(=O)(O)OP(=O)(O)O. The number of aliphatic hydroxyl groups excluding tert-OH is 2. The summed E-state index contributed by atoms with van der Waals surface area (Å²) in [7, 11) is -15.5. The van der Waals surface area contributed by atoms with Gasteiger partial charge in [-0.2, -0.15) is 8.62 Å². The summed E-state index contributed by atoms with van der Waals surface area (Å²) in [6.45, 7) is -0.514. The second-order valence-corrected chi connectivity index (χ2v) is 14.7. The molecule has 0 bridgehead atoms. The third-order valence-corrected chi connectivity index (χ3v) is 10.8. The highest BCUT2D eigenvalue weighted by Gasteiger charge is 2.47. The molecule has 1 aliphatic heterocycles. The summed E-state index contributed by atoms with van der Waals surface area (Å²) >= 11 is 5.31. The topological polar surface area (TPSA) is 246 Å². The molecule has 4 rings (SSSR count). The zero-order valence-electron chi connectivity index (χ0n) is 23.2. The highest BCUT2D eigenvalue weighted by atomic mass is 32.1. The molecule has 0 aliphatic carbocycles. The van der Waals surface area contributed by atoms with Crippen LogP contribution in [0.15, 0.2) is 65.6 Å². The van der Waals surface area contributed by atoms with Gasteiger partial charge in [-0.3, -0.25) is 18.6 Å². The van der Waals surface area contributed by atoms with E-state index in [2.05, 4.69) is 18.1 Å². The van der Waals surface area contributed by atoms with Crippen molar-refractivity contribution in [1.29, 1.82) is 0 Å². The molecule has 0 radical (unpaired) electrons. The van der Waals surface area contributed by atoms with Gasteiger partial charge in [0.05, 0.1) is 6.61 Å². The Morgan fingerprint density at radius 1 is 0.956 bits per heavy atom. The van der Waals surface area contributed by atoms with Crippen LogP contribution in [0.25, 0.3) is 0 Å². The molecule has 246 valence electrons. The van der Waals surface area contributed by atoms with Crippen molar-refractivity contribution in [3.63, 3.8) is 0 Å². The Morgan fingerprint density at radius 3 is 2.24 bits per heavy atom. The van der Waals surface area contributed by atoms with Crippen LogP contribution < -0.4 is 10.4 Å². The summed E-state index contributed by atoms with van der Waals surface area (Å²) < 4.78 is 64.7. The smallest absolute Gasteiger partial charge is 0.489 e. The summed E-state index contributed by atoms with van der Waals surface area (Å²) in [6, 6.07) is 16.8. The van der Waals surface area contributed by atoms with E-state index >= 15 is 0 Å². The minimum atomic E-state index is -5.66. The molecule has 2 heterocycles. The fourth-order valence-corrected chi connectivity index (χ4v) is 7.73. The molecule has 1 aliphatic rings. The van der Waals surface area contributed by atoms with E-state index < -0.39 is 60.3 Å². The van der Waals surface area contributed by atoms with Gasteiger partial charge in [0.15, 0.2) is 6.23 Å². The van der Waals surface area contributed by atoms with Gasteiger partial charge < -0.3 is 34.4 Å². The van der Waals surface area contributed by atoms with Crippen LogP contribution in [0.4, 0.5) is 0 Å². The van der Waals surface area contributed by atoms with Crippen LogP contribution in [-0.2, 0) is 49.1 Å². The molecule has 1 aromatic heterocycles. The molecule has 2 aromatic carbocycles. The van der Waals surface area contributed by atoms with E-state index in [1.54, 1.807) is 12.1 Å². The van der Waals surface area contributed by atoms with Gasteiger partial charge in [0.25, 0.3) is 0 Å². The van der Waals surface area contributed by atoms with E-state index in [1.807, 2.05) is 42.5 Å². The van der Waals surface area contributed by atoms with Crippen LogP contribution in [0.3, 0.4) is 0 Å². The summed E-state index contributed by atoms with van der Waals surface area (Å²) in [6.07, 6.45) is -4.85. The van der Waals surface area contributed by atoms with Gasteiger partial charge in [0, 0.05) is 25.3 Å². The lowest BCUT2D eigenvalue weighted by Gasteiger charge is -2.21. The first kappa shape index (κ1) is 35.5. The van der Waals surface area contributed by atoms with Crippen molar-refractivity contribution in [2.24, 2.45) is 0 Å². The summed E-state index contributed by atoms with van der Waals surface area (Å²) in [5.41, 5.74) is 1.50. The van der Waals surface area contributed by atoms with Crippen molar-refractivity contribution in [3.05, 3.63) is 92.6 Å². The first-order chi connectivity index (χ1) is 21.1. The van der Waals surface area contributed by atoms with Gasteiger partial charge in [0.1, 0.15) is 35.3 Å². The lowest BCUT2D eigenvalue weighted by molar-refractivity contribution is -0.0547. The maximum absolute atomic E-state index is 12.8. The third kappa shape index (κ3) is 9.81. The quantitative estimate of drug-likeness (QED) is 0.104. The van der Waals surface area contributed by atoms with Gasteiger partial charge in [-0.1, -0.05) is 54.7 Å². The van der Waals surface area contributed by atoms with Crippen LogP contribution >= 0.6 is 35.7 Å². The van der Waals surface area contributed by atoms with E-state index in [-0.39, 0.29) is 11.1 Å². The number of aliphatic hydroxyl groups is 2. The number of hydrogen-bond acceptors (Lipinski definition) is 13. The van der Waals surface area contributed by atoms with Crippen LogP contribution in [0.2, 0.25) is 0 Å². The number of rotatable bonds is 14. The largest absolute Gasteiger partial charge is 0.490 e. The number of nitrogens with one attached hydrogen (secondary N) is 1. The average Bonchev–Trinajstić information content (AvgIpc) is 3.24. The molecule has 0 spiro atoms. The summed E-state index contributed by atoms with van der Waals surface area (Å²) in [4.78, 5) is 42.1. The molecule has 0 saturated carbocycles. The van der Waals surface area contributed by atoms with Crippen molar-refractivity contribution in [1.82, 2.24) is 9.55 Å². The van der Waals surface area contributed by atoms with Gasteiger partial charge in [-0.15, -0.1) is 0 Å². The normalized spacial score (nSPS) is 22.9. The molecule has 0 amide bonds. The number of phosphoric ester groups is 1. The van der Waals surface area contributed by atoms with Gasteiger partial charge in [0.2, 0.25) is 0 Å². The van der Waals surface area contributed by atoms with Crippen molar-refractivity contribution >= 4 is 35.7 Å². The van der Waals surface area contributed by atoms with Gasteiger partial charge in [-0.25, -0.2) is 18.5 Å². The first-order valence-electron chi connectivity index (χ1n) is 12.8. The number of aromatic amines is 1. The zero-order chi connectivity index (χ0) is 33.0. The average molecular weight is 710 g/mol. The minimum absolute atomic E-state index is 0.123. The molecular formula is C24H29N2O15P3S. The fraction of sp³-hybridized carbons (Fsp3) is 0.333. The Hall–Kier alpha value is -2.37. The highest BCUT2D eigenvalue weighted by Crippen LogP contribution is 2.68. The van der Waals surface area contributed by atoms with Crippen molar-refractivity contribution in [2.75, 3.05) is 13.7 Å². The second-order valence-electron chi connectivity index (χ2n) is 9.51. The molecule has 2 unspecified atom stereocenters. The standard InChI is InChI=1S/C24H29N2O15P3S/c1-36-44(35,41-43(33,34)40-42(30,31)32)38-14-19-20(27)21(28)23(39-19)26-12-17(22(45)25-24(26)29)11-15-7-9-18(10-8-15)37-13-16-5-3-2-4-6-16/h2-10,12,19-21,23,27-28H,11,13-14H2,1H3,(H,33,34)(H,25,29,45)(H2,30,31,32)/t19-,20-,21-,23-,44?/m1/s1. The van der Waals surface area contributed by atoms with E-state index in [0.29, 0.717) is 17.9 Å². The van der Waals surface area contributed by atoms with E-state index in [1.165, 1.54) is 6.20 Å². The van der Waals surface area contributed by atoms with Crippen LogP contribution in [0.1, 0.15) is 22.9 Å². The molecule has 1 saturated heterocycles. The monoisotopic (exact) mass is 710 g/mol. The van der Waals surface area contributed by atoms with E-state index in [4.69, 9.17) is 36.0 Å². The molecule has 3 aromatic rings. The van der Waals surface area contributed by atoms with E-state index in [0.717, 1.165) is 22.8 Å². The van der Waals surface area contributed by atoms with Crippen molar-refractivity contribution in [2.45, 2.75) is 37.6 Å². The van der Waals surface area contributed by atoms with Crippen LogP contribution in [0.5, 0.6) is 5.75 Å². The maximum atomic E-state index is 12.8. The molecule has 6 atom stereocenters. The number of benzene rings is 2. The Kier molecular flexibility index (Phi) is 11.5. The lowest BCUT2D eigenvalue weighted by atomic mass is 10.1. The third-order valence-electron chi connectivity index (χ3n) is 6.25. The Bertz CT molecular complexity index is 1730. The molecule has 45 heavy (non-hydrogen) atoms. The van der Waals surface area contributed by atoms with E-state index in [9.17, 15) is 33.6 Å². The van der Waals surface area contributed by atoms with Crippen molar-refractivity contribution < 1.29 is 65.7 Å². The first-order valence-corrected chi connectivity index (χ1v) is 17.7. The number of phosphoric acid groups is 3. The van der Waals surface area contributed by atoms with Crippen LogP contribution in [0, 0.1) is 4.64 Å². The molecule has 1 fully saturated rings. The van der Waals surface area contributed by atoms with Gasteiger partial charge >= 0.3 is 29.2 Å². The fourth-order valence-electron chi connectivity index (χ4n) is 4.15. The predicted octanol–water partition coefficient (Wildman–Crippen LogP) is 2.69. The number of ether oxygens (including phenoxy) is 2. The maximum Gasteiger partial charge on any atom is 0.490 e. The van der Waals surface area contributed by atoms with Gasteiger partial charge in [-0.05, 0) is 23.3 Å². The Labute approximate surface area is 260 Å². The van der Waals surface area contributed by atoms with Crippen molar-refractivity contribution in [3.8, 4) is 5.75 Å².